The molecule has 0 bridgehead atoms. The SMILES string of the molecule is CCc1cnc(NC(=O)N2C[C@@H](C)CC[C@H]2C)s1. The van der Waals surface area contributed by atoms with Crippen LogP contribution in [0.2, 0.25) is 0 Å². The molecular formula is C13H21N3OS. The van der Waals surface area contributed by atoms with Gasteiger partial charge in [-0.25, -0.2) is 9.78 Å². The van der Waals surface area contributed by atoms with Gasteiger partial charge in [-0.1, -0.05) is 13.8 Å². The van der Waals surface area contributed by atoms with Crippen molar-refractivity contribution in [1.82, 2.24) is 9.88 Å². The molecule has 1 N–H and O–H groups in total. The summed E-state index contributed by atoms with van der Waals surface area (Å²) in [5.41, 5.74) is 0. The van der Waals surface area contributed by atoms with E-state index in [1.807, 2.05) is 11.1 Å². The number of piperidine rings is 1. The molecule has 5 heteroatoms. The lowest BCUT2D eigenvalue weighted by atomic mass is 9.95. The summed E-state index contributed by atoms with van der Waals surface area (Å²) < 4.78 is 0. The van der Waals surface area contributed by atoms with Crippen molar-refractivity contribution in [3.8, 4) is 0 Å². The van der Waals surface area contributed by atoms with Gasteiger partial charge in [0, 0.05) is 23.7 Å². The van der Waals surface area contributed by atoms with E-state index >= 15 is 0 Å². The Hall–Kier alpha value is -1.10. The van der Waals surface area contributed by atoms with E-state index in [1.165, 1.54) is 11.3 Å². The fraction of sp³-hybridized carbons (Fsp3) is 0.692. The molecule has 0 radical (unpaired) electrons. The Morgan fingerprint density at radius 1 is 1.56 bits per heavy atom. The van der Waals surface area contributed by atoms with Crippen molar-refractivity contribution < 1.29 is 4.79 Å². The molecule has 2 rings (SSSR count). The largest absolute Gasteiger partial charge is 0.323 e. The van der Waals surface area contributed by atoms with Crippen LogP contribution in [0.3, 0.4) is 0 Å². The molecule has 1 aromatic rings. The highest BCUT2D eigenvalue weighted by molar-refractivity contribution is 7.15. The van der Waals surface area contributed by atoms with E-state index in [0.717, 1.165) is 19.4 Å². The van der Waals surface area contributed by atoms with Crippen LogP contribution in [0, 0.1) is 5.92 Å². The number of anilines is 1. The number of hydrogen-bond donors (Lipinski definition) is 1. The van der Waals surface area contributed by atoms with Gasteiger partial charge in [0.2, 0.25) is 0 Å². The van der Waals surface area contributed by atoms with Gasteiger partial charge in [0.15, 0.2) is 5.13 Å². The quantitative estimate of drug-likeness (QED) is 0.893. The summed E-state index contributed by atoms with van der Waals surface area (Å²) in [5, 5.41) is 3.62. The van der Waals surface area contributed by atoms with Crippen molar-refractivity contribution in [1.29, 1.82) is 0 Å². The predicted molar refractivity (Wildman–Crippen MR) is 75.1 cm³/mol. The number of carbonyl (C=O) groups excluding carboxylic acids is 1. The van der Waals surface area contributed by atoms with Crippen LogP contribution in [0.25, 0.3) is 0 Å². The Kier molecular flexibility index (Phi) is 4.22. The highest BCUT2D eigenvalue weighted by atomic mass is 32.1. The molecule has 100 valence electrons. The van der Waals surface area contributed by atoms with Gasteiger partial charge in [-0.15, -0.1) is 11.3 Å². The number of rotatable bonds is 2. The van der Waals surface area contributed by atoms with Crippen LogP contribution in [0.4, 0.5) is 9.93 Å². The second kappa shape index (κ2) is 5.69. The Labute approximate surface area is 112 Å². The minimum atomic E-state index is -0.00828. The smallest absolute Gasteiger partial charge is 0.322 e. The van der Waals surface area contributed by atoms with E-state index in [0.29, 0.717) is 17.1 Å². The molecular weight excluding hydrogens is 246 g/mol. The molecule has 1 saturated heterocycles. The van der Waals surface area contributed by atoms with Gasteiger partial charge in [-0.2, -0.15) is 0 Å². The first-order chi connectivity index (χ1) is 8.60. The van der Waals surface area contributed by atoms with Crippen molar-refractivity contribution in [2.45, 2.75) is 46.1 Å². The van der Waals surface area contributed by atoms with Crippen molar-refractivity contribution in [2.24, 2.45) is 5.92 Å². The molecule has 0 aromatic carbocycles. The number of aryl methyl sites for hydroxylation is 1. The number of nitrogens with one attached hydrogen (secondary N) is 1. The molecule has 0 saturated carbocycles. The second-order valence-electron chi connectivity index (χ2n) is 5.10. The van der Waals surface area contributed by atoms with Crippen LogP contribution < -0.4 is 5.32 Å². The van der Waals surface area contributed by atoms with Crippen LogP contribution in [0.5, 0.6) is 0 Å². The van der Waals surface area contributed by atoms with Crippen molar-refractivity contribution in [3.05, 3.63) is 11.1 Å². The van der Waals surface area contributed by atoms with E-state index in [2.05, 4.69) is 31.1 Å². The second-order valence-corrected chi connectivity index (χ2v) is 6.21. The summed E-state index contributed by atoms with van der Waals surface area (Å²) in [6.45, 7) is 7.25. The Morgan fingerprint density at radius 3 is 3.00 bits per heavy atom. The van der Waals surface area contributed by atoms with Crippen molar-refractivity contribution in [2.75, 3.05) is 11.9 Å². The van der Waals surface area contributed by atoms with Crippen LogP contribution in [-0.2, 0) is 6.42 Å². The third-order valence-electron chi connectivity index (χ3n) is 3.49. The number of hydrogen-bond acceptors (Lipinski definition) is 3. The van der Waals surface area contributed by atoms with E-state index in [-0.39, 0.29) is 6.03 Å². The summed E-state index contributed by atoms with van der Waals surface area (Å²) in [4.78, 5) is 19.6. The number of aromatic nitrogens is 1. The predicted octanol–water partition coefficient (Wildman–Crippen LogP) is 3.36. The first-order valence-corrected chi connectivity index (χ1v) is 7.44. The number of likely N-dealkylation sites (tertiary alicyclic amines) is 1. The van der Waals surface area contributed by atoms with Gasteiger partial charge in [0.25, 0.3) is 0 Å². The van der Waals surface area contributed by atoms with Gasteiger partial charge in [-0.3, -0.25) is 5.32 Å². The number of nitrogens with zero attached hydrogens (tertiary/aromatic N) is 2. The lowest BCUT2D eigenvalue weighted by Crippen LogP contribution is -2.46. The van der Waals surface area contributed by atoms with Gasteiger partial charge in [0.05, 0.1) is 0 Å². The summed E-state index contributed by atoms with van der Waals surface area (Å²) in [5.74, 6) is 0.592. The van der Waals surface area contributed by atoms with Crippen molar-refractivity contribution >= 4 is 22.5 Å². The molecule has 2 atom stereocenters. The highest BCUT2D eigenvalue weighted by Crippen LogP contribution is 2.23. The molecule has 1 aliphatic heterocycles. The minimum Gasteiger partial charge on any atom is -0.322 e. The number of carbonyl (C=O) groups is 1. The molecule has 0 spiro atoms. The first kappa shape index (κ1) is 13.3. The lowest BCUT2D eigenvalue weighted by Gasteiger charge is -2.36. The average Bonchev–Trinajstić information content (AvgIpc) is 2.80. The van der Waals surface area contributed by atoms with Crippen molar-refractivity contribution in [3.63, 3.8) is 0 Å². The number of thiazole rings is 1. The van der Waals surface area contributed by atoms with Crippen LogP contribution >= 0.6 is 11.3 Å². The Balaban J connectivity index is 1.98. The van der Waals surface area contributed by atoms with Crippen LogP contribution in [0.1, 0.15) is 38.5 Å². The maximum absolute atomic E-state index is 12.2. The molecule has 1 aliphatic rings. The van der Waals surface area contributed by atoms with E-state index in [1.54, 1.807) is 11.3 Å². The number of amides is 2. The monoisotopic (exact) mass is 267 g/mol. The summed E-state index contributed by atoms with van der Waals surface area (Å²) in [6.07, 6.45) is 5.10. The van der Waals surface area contributed by atoms with Gasteiger partial charge in [0.1, 0.15) is 0 Å². The molecule has 18 heavy (non-hydrogen) atoms. The van der Waals surface area contributed by atoms with E-state index < -0.39 is 0 Å². The molecule has 2 amide bonds. The van der Waals surface area contributed by atoms with Crippen LogP contribution in [0.15, 0.2) is 6.20 Å². The molecule has 1 fully saturated rings. The fourth-order valence-corrected chi connectivity index (χ4v) is 3.01. The summed E-state index contributed by atoms with van der Waals surface area (Å²) in [7, 11) is 0. The number of urea groups is 1. The zero-order valence-corrected chi connectivity index (χ0v) is 12.1. The highest BCUT2D eigenvalue weighted by Gasteiger charge is 2.27. The van der Waals surface area contributed by atoms with Gasteiger partial charge < -0.3 is 4.90 Å². The maximum atomic E-state index is 12.2. The van der Waals surface area contributed by atoms with Gasteiger partial charge in [-0.05, 0) is 32.1 Å². The Morgan fingerprint density at radius 2 is 2.33 bits per heavy atom. The molecule has 2 heterocycles. The molecule has 0 aliphatic carbocycles. The fourth-order valence-electron chi connectivity index (χ4n) is 2.26. The Bertz CT molecular complexity index is 418. The minimum absolute atomic E-state index is 0.00828. The van der Waals surface area contributed by atoms with E-state index in [4.69, 9.17) is 0 Å². The lowest BCUT2D eigenvalue weighted by molar-refractivity contribution is 0.147. The third kappa shape index (κ3) is 3.02. The zero-order valence-electron chi connectivity index (χ0n) is 11.3. The summed E-state index contributed by atoms with van der Waals surface area (Å²) in [6, 6.07) is 0.317. The third-order valence-corrected chi connectivity index (χ3v) is 4.55. The van der Waals surface area contributed by atoms with Gasteiger partial charge >= 0.3 is 6.03 Å². The molecule has 0 unspecified atom stereocenters. The van der Waals surface area contributed by atoms with E-state index in [9.17, 15) is 4.79 Å². The molecule has 4 nitrogen and oxygen atoms in total. The maximum Gasteiger partial charge on any atom is 0.323 e. The molecule has 1 aromatic heterocycles. The topological polar surface area (TPSA) is 45.2 Å². The normalized spacial score (nSPS) is 24.1. The summed E-state index contributed by atoms with van der Waals surface area (Å²) >= 11 is 1.56. The first-order valence-electron chi connectivity index (χ1n) is 6.62. The average molecular weight is 267 g/mol. The zero-order chi connectivity index (χ0) is 13.1. The van der Waals surface area contributed by atoms with Crippen LogP contribution in [-0.4, -0.2) is 28.5 Å². The standard InChI is InChI=1S/C13H21N3OS/c1-4-11-7-14-12(18-11)15-13(17)16-8-9(2)5-6-10(16)3/h7,9-10H,4-6,8H2,1-3H3,(H,14,15,17)/t9-,10+/m0/s1.